The molecule has 7 aliphatic rings. The van der Waals surface area contributed by atoms with Crippen molar-refractivity contribution in [2.45, 2.75) is 25.7 Å². The second-order valence-corrected chi connectivity index (χ2v) is 8.52. The molecule has 0 amide bonds. The van der Waals surface area contributed by atoms with E-state index in [0.29, 0.717) is 0 Å². The number of hydrogen-bond acceptors (Lipinski definition) is 0. The highest BCUT2D eigenvalue weighted by molar-refractivity contribution is 5.32. The topological polar surface area (TPSA) is 0 Å². The summed E-state index contributed by atoms with van der Waals surface area (Å²) in [5.74, 6) is 15.4. The Morgan fingerprint density at radius 1 is 0.438 bits per heavy atom. The van der Waals surface area contributed by atoms with Crippen molar-refractivity contribution < 1.29 is 0 Å². The summed E-state index contributed by atoms with van der Waals surface area (Å²) in [6.07, 6.45) is 6.64. The van der Waals surface area contributed by atoms with Gasteiger partial charge >= 0.3 is 0 Å². The molecule has 0 saturated heterocycles. The molecule has 0 radical (unpaired) electrons. The van der Waals surface area contributed by atoms with Crippen LogP contribution >= 0.6 is 0 Å². The molecule has 0 aliphatic heterocycles. The van der Waals surface area contributed by atoms with Gasteiger partial charge in [0, 0.05) is 0 Å². The van der Waals surface area contributed by atoms with E-state index in [-0.39, 0.29) is 0 Å². The molecular formula is C16H20. The van der Waals surface area contributed by atoms with Gasteiger partial charge in [-0.05, 0) is 96.7 Å². The first kappa shape index (κ1) is 7.44. The quantitative estimate of drug-likeness (QED) is 0.579. The standard InChI is InChI=1S/C16H20/c1-2-6-4-8-10(6)14-12(8)15-11-7-3-5(1)9(7)13(11)16(14)15/h5-16H,1-4H2. The van der Waals surface area contributed by atoms with Crippen LogP contribution in [0.4, 0.5) is 0 Å². The third-order valence-electron chi connectivity index (χ3n) is 9.12. The lowest BCUT2D eigenvalue weighted by atomic mass is 9.15. The minimum Gasteiger partial charge on any atom is -0.0499 e. The zero-order valence-electron chi connectivity index (χ0n) is 9.76. The van der Waals surface area contributed by atoms with Crippen LogP contribution in [0.15, 0.2) is 0 Å². The average Bonchev–Trinajstić information content (AvgIpc) is 2.33. The van der Waals surface area contributed by atoms with Gasteiger partial charge in [-0.1, -0.05) is 0 Å². The van der Waals surface area contributed by atoms with E-state index in [2.05, 4.69) is 0 Å². The van der Waals surface area contributed by atoms with Crippen LogP contribution in [0.1, 0.15) is 25.7 Å². The zero-order valence-corrected chi connectivity index (χ0v) is 9.76. The number of fused-ring (bicyclic) bond motifs is 4. The molecule has 7 saturated carbocycles. The molecule has 0 heteroatoms. The highest BCUT2D eigenvalue weighted by Gasteiger charge is 2.85. The average molecular weight is 212 g/mol. The van der Waals surface area contributed by atoms with Gasteiger partial charge in [-0.15, -0.1) is 0 Å². The SMILES string of the molecule is C1CC2CC3C2C2C3C3C4C5CC1C5C4C23. The third kappa shape index (κ3) is 0.444. The van der Waals surface area contributed by atoms with Gasteiger partial charge in [0.1, 0.15) is 0 Å². The lowest BCUT2D eigenvalue weighted by molar-refractivity contribution is -0.421. The summed E-state index contributed by atoms with van der Waals surface area (Å²) in [6, 6.07) is 0. The van der Waals surface area contributed by atoms with Gasteiger partial charge in [-0.2, -0.15) is 0 Å². The Morgan fingerprint density at radius 2 is 0.875 bits per heavy atom. The fraction of sp³-hybridized carbons (Fsp3) is 1.00. The van der Waals surface area contributed by atoms with E-state index in [0.717, 1.165) is 0 Å². The maximum Gasteiger partial charge on any atom is -0.0312 e. The molecule has 84 valence electrons. The maximum atomic E-state index is 1.68. The second-order valence-electron chi connectivity index (χ2n) is 8.52. The first-order chi connectivity index (χ1) is 7.95. The lowest BCUT2D eigenvalue weighted by Gasteiger charge is -2.89. The molecule has 7 aliphatic carbocycles. The lowest BCUT2D eigenvalue weighted by Crippen LogP contribution is -2.85. The Bertz CT molecular complexity index is 376. The van der Waals surface area contributed by atoms with Crippen LogP contribution in [-0.4, -0.2) is 0 Å². The molecule has 0 aromatic heterocycles. The molecule has 16 heavy (non-hydrogen) atoms. The van der Waals surface area contributed by atoms with E-state index >= 15 is 0 Å². The van der Waals surface area contributed by atoms with Crippen molar-refractivity contribution in [1.82, 2.24) is 0 Å². The molecule has 0 nitrogen and oxygen atoms in total. The van der Waals surface area contributed by atoms with E-state index in [1.165, 1.54) is 71.0 Å². The summed E-state index contributed by atoms with van der Waals surface area (Å²) < 4.78 is 0. The van der Waals surface area contributed by atoms with Gasteiger partial charge < -0.3 is 0 Å². The van der Waals surface area contributed by atoms with E-state index in [9.17, 15) is 0 Å². The van der Waals surface area contributed by atoms with Crippen molar-refractivity contribution in [3.63, 3.8) is 0 Å². The minimum atomic E-state index is 1.22. The van der Waals surface area contributed by atoms with Gasteiger partial charge in [0.25, 0.3) is 0 Å². The molecule has 0 heterocycles. The number of rotatable bonds is 0. The first-order valence-electron chi connectivity index (χ1n) is 7.95. The summed E-state index contributed by atoms with van der Waals surface area (Å²) in [4.78, 5) is 0. The summed E-state index contributed by atoms with van der Waals surface area (Å²) in [5.41, 5.74) is 0. The Morgan fingerprint density at radius 3 is 1.44 bits per heavy atom. The fourth-order valence-corrected chi connectivity index (χ4v) is 8.86. The van der Waals surface area contributed by atoms with Crippen LogP contribution in [0.3, 0.4) is 0 Å². The van der Waals surface area contributed by atoms with Crippen molar-refractivity contribution in [3.8, 4) is 0 Å². The Labute approximate surface area is 97.2 Å². The molecule has 0 spiro atoms. The molecule has 7 fully saturated rings. The molecule has 0 aromatic carbocycles. The molecule has 0 aromatic rings. The largest absolute Gasteiger partial charge is 0.0499 e. The van der Waals surface area contributed by atoms with Crippen LogP contribution in [0.5, 0.6) is 0 Å². The molecule has 0 N–H and O–H groups in total. The Hall–Kier alpha value is 0. The monoisotopic (exact) mass is 212 g/mol. The third-order valence-corrected chi connectivity index (χ3v) is 9.12. The van der Waals surface area contributed by atoms with Gasteiger partial charge in [-0.25, -0.2) is 0 Å². The van der Waals surface area contributed by atoms with Gasteiger partial charge in [0.2, 0.25) is 0 Å². The Balaban J connectivity index is 1.41. The minimum absolute atomic E-state index is 1.22. The molecule has 10 atom stereocenters. The second kappa shape index (κ2) is 1.84. The van der Waals surface area contributed by atoms with Crippen molar-refractivity contribution in [2.75, 3.05) is 0 Å². The highest BCUT2D eigenvalue weighted by Crippen LogP contribution is 2.89. The van der Waals surface area contributed by atoms with Crippen molar-refractivity contribution in [3.05, 3.63) is 0 Å². The van der Waals surface area contributed by atoms with Crippen LogP contribution in [-0.2, 0) is 0 Å². The van der Waals surface area contributed by atoms with Crippen LogP contribution in [0.2, 0.25) is 0 Å². The van der Waals surface area contributed by atoms with Gasteiger partial charge in [-0.3, -0.25) is 0 Å². The van der Waals surface area contributed by atoms with Gasteiger partial charge in [0.05, 0.1) is 0 Å². The zero-order chi connectivity index (χ0) is 9.76. The predicted molar refractivity (Wildman–Crippen MR) is 60.3 cm³/mol. The van der Waals surface area contributed by atoms with E-state index in [1.807, 2.05) is 0 Å². The van der Waals surface area contributed by atoms with Crippen LogP contribution in [0.25, 0.3) is 0 Å². The van der Waals surface area contributed by atoms with Crippen molar-refractivity contribution in [2.24, 2.45) is 71.0 Å². The maximum absolute atomic E-state index is 1.68. The summed E-state index contributed by atoms with van der Waals surface area (Å²) in [5, 5.41) is 0. The first-order valence-corrected chi connectivity index (χ1v) is 7.95. The van der Waals surface area contributed by atoms with Crippen molar-refractivity contribution in [1.29, 1.82) is 0 Å². The predicted octanol–water partition coefficient (Wildman–Crippen LogP) is 3.04. The molecule has 10 unspecified atom stereocenters. The summed E-state index contributed by atoms with van der Waals surface area (Å²) >= 11 is 0. The summed E-state index contributed by atoms with van der Waals surface area (Å²) in [6.45, 7) is 0. The fourth-order valence-electron chi connectivity index (χ4n) is 8.86. The van der Waals surface area contributed by atoms with Crippen LogP contribution < -0.4 is 0 Å². The smallest absolute Gasteiger partial charge is 0.0312 e. The van der Waals surface area contributed by atoms with E-state index in [1.54, 1.807) is 25.7 Å². The number of hydrogen-bond donors (Lipinski definition) is 0. The summed E-state index contributed by atoms with van der Waals surface area (Å²) in [7, 11) is 0. The molecule has 0 bridgehead atoms. The van der Waals surface area contributed by atoms with Crippen LogP contribution in [0, 0.1) is 71.0 Å². The molecule has 7 rings (SSSR count). The molecular weight excluding hydrogens is 192 g/mol. The highest BCUT2D eigenvalue weighted by atomic mass is 14.9. The van der Waals surface area contributed by atoms with Gasteiger partial charge in [0.15, 0.2) is 0 Å². The van der Waals surface area contributed by atoms with E-state index in [4.69, 9.17) is 0 Å². The van der Waals surface area contributed by atoms with E-state index < -0.39 is 0 Å². The normalized spacial score (nSPS) is 87.0. The Kier molecular flexibility index (Phi) is 0.854. The van der Waals surface area contributed by atoms with Crippen molar-refractivity contribution >= 4 is 0 Å².